The van der Waals surface area contributed by atoms with Gasteiger partial charge in [0, 0.05) is 12.1 Å². The molecule has 2 aliphatic carbocycles. The number of benzene rings is 1. The van der Waals surface area contributed by atoms with Crippen molar-refractivity contribution >= 4 is 17.9 Å². The molecule has 3 rings (SSSR count). The predicted molar refractivity (Wildman–Crippen MR) is 132 cm³/mol. The molecule has 34 heavy (non-hydrogen) atoms. The molecular weight excluding hydrogens is 430 g/mol. The predicted octanol–water partition coefficient (Wildman–Crippen LogP) is 4.64. The van der Waals surface area contributed by atoms with Gasteiger partial charge < -0.3 is 20.3 Å². The largest absolute Gasteiger partial charge is 0.444 e. The van der Waals surface area contributed by atoms with Gasteiger partial charge in [0.05, 0.1) is 0 Å². The molecule has 2 atom stereocenters. The van der Waals surface area contributed by atoms with E-state index in [-0.39, 0.29) is 23.9 Å². The SMILES string of the molecule is CCc1ccc(C(C(=O)NC2CCCCC2)N(C(=O)C(C)NC(=O)OC(C)(C)C)C2CC2)cc1. The third kappa shape index (κ3) is 7.21. The number of carbonyl (C=O) groups is 3. The number of amides is 3. The molecule has 0 aliphatic heterocycles. The zero-order valence-corrected chi connectivity index (χ0v) is 21.4. The van der Waals surface area contributed by atoms with Crippen molar-refractivity contribution in [3.63, 3.8) is 0 Å². The minimum atomic E-state index is -0.810. The van der Waals surface area contributed by atoms with Crippen molar-refractivity contribution in [2.45, 2.75) is 116 Å². The molecule has 2 saturated carbocycles. The van der Waals surface area contributed by atoms with Gasteiger partial charge in [-0.2, -0.15) is 0 Å². The van der Waals surface area contributed by atoms with Crippen LogP contribution in [0.4, 0.5) is 4.79 Å². The Morgan fingerprint density at radius 2 is 1.65 bits per heavy atom. The Hall–Kier alpha value is -2.57. The fourth-order valence-electron chi connectivity index (χ4n) is 4.54. The number of alkyl carbamates (subject to hydrolysis) is 1. The first-order valence-corrected chi connectivity index (χ1v) is 12.8. The fourth-order valence-corrected chi connectivity index (χ4v) is 4.54. The molecule has 0 saturated heterocycles. The van der Waals surface area contributed by atoms with Crippen LogP contribution >= 0.6 is 0 Å². The number of aryl methyl sites for hydroxylation is 1. The third-order valence-corrected chi connectivity index (χ3v) is 6.48. The summed E-state index contributed by atoms with van der Waals surface area (Å²) in [7, 11) is 0. The maximum Gasteiger partial charge on any atom is 0.408 e. The second-order valence-corrected chi connectivity index (χ2v) is 10.7. The fraction of sp³-hybridized carbons (Fsp3) is 0.667. The molecule has 0 heterocycles. The van der Waals surface area contributed by atoms with E-state index in [4.69, 9.17) is 4.74 Å². The van der Waals surface area contributed by atoms with Gasteiger partial charge in [0.15, 0.2) is 0 Å². The van der Waals surface area contributed by atoms with Crippen molar-refractivity contribution in [3.8, 4) is 0 Å². The van der Waals surface area contributed by atoms with Gasteiger partial charge >= 0.3 is 6.09 Å². The van der Waals surface area contributed by atoms with Crippen LogP contribution < -0.4 is 10.6 Å². The van der Waals surface area contributed by atoms with Crippen LogP contribution in [0.2, 0.25) is 0 Å². The van der Waals surface area contributed by atoms with E-state index >= 15 is 0 Å². The van der Waals surface area contributed by atoms with E-state index in [0.717, 1.165) is 50.5 Å². The van der Waals surface area contributed by atoms with E-state index in [1.807, 2.05) is 24.3 Å². The molecule has 3 amide bonds. The molecule has 0 spiro atoms. The molecule has 7 heteroatoms. The average molecular weight is 472 g/mol. The van der Waals surface area contributed by atoms with Gasteiger partial charge in [-0.1, -0.05) is 50.5 Å². The standard InChI is InChI=1S/C27H41N3O4/c1-6-19-12-14-20(15-13-19)23(24(31)29-21-10-8-7-9-11-21)30(22-16-17-22)25(32)18(2)28-26(33)34-27(3,4)5/h12-15,18,21-23H,6-11,16-17H2,1-5H3,(H,28,33)(H,29,31). The molecule has 1 aromatic carbocycles. The number of nitrogens with zero attached hydrogens (tertiary/aromatic N) is 1. The highest BCUT2D eigenvalue weighted by molar-refractivity contribution is 5.92. The third-order valence-electron chi connectivity index (χ3n) is 6.48. The molecule has 2 fully saturated rings. The monoisotopic (exact) mass is 471 g/mol. The normalized spacial score (nSPS) is 18.5. The van der Waals surface area contributed by atoms with Crippen molar-refractivity contribution in [1.82, 2.24) is 15.5 Å². The minimum absolute atomic E-state index is 0.0108. The number of ether oxygens (including phenoxy) is 1. The molecule has 1 aromatic rings. The second kappa shape index (κ2) is 11.2. The molecule has 2 aliphatic rings. The first kappa shape index (κ1) is 26.0. The van der Waals surface area contributed by atoms with Gasteiger partial charge in [-0.3, -0.25) is 9.59 Å². The first-order valence-electron chi connectivity index (χ1n) is 12.8. The van der Waals surface area contributed by atoms with Crippen LogP contribution in [0.25, 0.3) is 0 Å². The highest BCUT2D eigenvalue weighted by atomic mass is 16.6. The first-order chi connectivity index (χ1) is 16.1. The zero-order valence-electron chi connectivity index (χ0n) is 21.4. The van der Waals surface area contributed by atoms with Gasteiger partial charge in [0.25, 0.3) is 0 Å². The van der Waals surface area contributed by atoms with Crippen LogP contribution in [0.3, 0.4) is 0 Å². The van der Waals surface area contributed by atoms with Crippen molar-refractivity contribution in [3.05, 3.63) is 35.4 Å². The van der Waals surface area contributed by atoms with Crippen molar-refractivity contribution in [2.24, 2.45) is 0 Å². The lowest BCUT2D eigenvalue weighted by atomic mass is 9.94. The van der Waals surface area contributed by atoms with E-state index in [1.54, 1.807) is 32.6 Å². The minimum Gasteiger partial charge on any atom is -0.444 e. The lowest BCUT2D eigenvalue weighted by Gasteiger charge is -2.35. The molecule has 0 radical (unpaired) electrons. The summed E-state index contributed by atoms with van der Waals surface area (Å²) >= 11 is 0. The number of hydrogen-bond acceptors (Lipinski definition) is 4. The van der Waals surface area contributed by atoms with Gasteiger partial charge in [0.2, 0.25) is 11.8 Å². The summed E-state index contributed by atoms with van der Waals surface area (Å²) in [5.41, 5.74) is 1.32. The summed E-state index contributed by atoms with van der Waals surface area (Å²) in [6.45, 7) is 9.08. The molecule has 0 bridgehead atoms. The van der Waals surface area contributed by atoms with Crippen LogP contribution in [0.1, 0.15) is 96.7 Å². The summed E-state index contributed by atoms with van der Waals surface area (Å²) in [6.07, 6.45) is 7.35. The highest BCUT2D eigenvalue weighted by Crippen LogP contribution is 2.36. The maximum atomic E-state index is 13.7. The van der Waals surface area contributed by atoms with E-state index < -0.39 is 23.8 Å². The summed E-state index contributed by atoms with van der Waals surface area (Å²) in [5, 5.41) is 5.89. The van der Waals surface area contributed by atoms with Crippen molar-refractivity contribution < 1.29 is 19.1 Å². The summed E-state index contributed by atoms with van der Waals surface area (Å²) < 4.78 is 5.33. The summed E-state index contributed by atoms with van der Waals surface area (Å²) in [4.78, 5) is 41.3. The van der Waals surface area contributed by atoms with Crippen molar-refractivity contribution in [1.29, 1.82) is 0 Å². The summed E-state index contributed by atoms with van der Waals surface area (Å²) in [5.74, 6) is -0.405. The Bertz CT molecular complexity index is 852. The van der Waals surface area contributed by atoms with Crippen molar-refractivity contribution in [2.75, 3.05) is 0 Å². The van der Waals surface area contributed by atoms with E-state index in [1.165, 1.54) is 12.0 Å². The average Bonchev–Trinajstić information content (AvgIpc) is 3.61. The topological polar surface area (TPSA) is 87.7 Å². The molecule has 188 valence electrons. The van der Waals surface area contributed by atoms with Gasteiger partial charge in [0.1, 0.15) is 17.7 Å². The molecule has 2 unspecified atom stereocenters. The molecule has 0 aromatic heterocycles. The zero-order chi connectivity index (χ0) is 24.9. The second-order valence-electron chi connectivity index (χ2n) is 10.7. The lowest BCUT2D eigenvalue weighted by molar-refractivity contribution is -0.143. The Balaban J connectivity index is 1.84. The smallest absolute Gasteiger partial charge is 0.408 e. The molecule has 7 nitrogen and oxygen atoms in total. The number of hydrogen-bond donors (Lipinski definition) is 2. The highest BCUT2D eigenvalue weighted by Gasteiger charge is 2.43. The van der Waals surface area contributed by atoms with Crippen LogP contribution in [-0.4, -0.2) is 46.5 Å². The number of rotatable bonds is 8. The molecular formula is C27H41N3O4. The molecule has 2 N–H and O–H groups in total. The van der Waals surface area contributed by atoms with Crippen LogP contribution in [0.5, 0.6) is 0 Å². The van der Waals surface area contributed by atoms with E-state index in [2.05, 4.69) is 17.6 Å². The maximum absolute atomic E-state index is 13.7. The van der Waals surface area contributed by atoms with Gasteiger partial charge in [-0.05, 0) is 70.9 Å². The van der Waals surface area contributed by atoms with Crippen LogP contribution in [0.15, 0.2) is 24.3 Å². The van der Waals surface area contributed by atoms with E-state index in [9.17, 15) is 14.4 Å². The van der Waals surface area contributed by atoms with Crippen LogP contribution in [0, 0.1) is 0 Å². The van der Waals surface area contributed by atoms with Crippen LogP contribution in [-0.2, 0) is 20.7 Å². The summed E-state index contributed by atoms with van der Waals surface area (Å²) in [6, 6.07) is 6.56. The number of nitrogens with one attached hydrogen (secondary N) is 2. The Kier molecular flexibility index (Phi) is 8.61. The van der Waals surface area contributed by atoms with E-state index in [0.29, 0.717) is 0 Å². The Labute approximate surface area is 204 Å². The Morgan fingerprint density at radius 3 is 2.18 bits per heavy atom. The number of carbonyl (C=O) groups excluding carboxylic acids is 3. The quantitative estimate of drug-likeness (QED) is 0.578. The van der Waals surface area contributed by atoms with Gasteiger partial charge in [-0.25, -0.2) is 4.79 Å². The lowest BCUT2D eigenvalue weighted by Crippen LogP contribution is -2.53. The van der Waals surface area contributed by atoms with Gasteiger partial charge in [-0.15, -0.1) is 0 Å². The Morgan fingerprint density at radius 1 is 1.03 bits per heavy atom.